The summed E-state index contributed by atoms with van der Waals surface area (Å²) < 4.78 is 19.8. The van der Waals surface area contributed by atoms with Gasteiger partial charge in [-0.2, -0.15) is 0 Å². The number of ether oxygens (including phenoxy) is 1. The van der Waals surface area contributed by atoms with Crippen LogP contribution in [0.2, 0.25) is 0 Å². The highest BCUT2D eigenvalue weighted by Gasteiger charge is 2.28. The molecule has 1 rings (SSSR count). The van der Waals surface area contributed by atoms with Crippen LogP contribution >= 0.6 is 0 Å². The highest BCUT2D eigenvalue weighted by atomic mass is 32.2. The van der Waals surface area contributed by atoms with Crippen LogP contribution in [-0.4, -0.2) is 27.6 Å². The Morgan fingerprint density at radius 2 is 1.91 bits per heavy atom. The summed E-state index contributed by atoms with van der Waals surface area (Å²) in [5, 5.41) is 0. The second-order valence-electron chi connectivity index (χ2n) is 5.98. The number of hydrogen-bond acceptors (Lipinski definition) is 3. The average Bonchev–Trinajstić information content (AvgIpc) is 2.46. The molecule has 0 heterocycles. The van der Waals surface area contributed by atoms with Gasteiger partial charge in [0.05, 0.1) is 22.3 Å². The lowest BCUT2D eigenvalue weighted by molar-refractivity contribution is -0.144. The summed E-state index contributed by atoms with van der Waals surface area (Å²) in [4.78, 5) is 12.1. The van der Waals surface area contributed by atoms with Crippen molar-refractivity contribution >= 4 is 22.5 Å². The van der Waals surface area contributed by atoms with Crippen molar-refractivity contribution < 1.29 is 13.7 Å². The normalized spacial score (nSPS) is 14.2. The first-order chi connectivity index (χ1) is 10.3. The first-order valence-corrected chi connectivity index (χ1v) is 8.48. The zero-order valence-corrected chi connectivity index (χ0v) is 14.5. The average molecular weight is 323 g/mol. The van der Waals surface area contributed by atoms with Gasteiger partial charge in [-0.3, -0.25) is 4.79 Å². The standard InChI is InChI=1S/C17H25NO3S/c1-6-21-16(19)15(18-22(20)17(3,4)5)12-13(2)14-10-8-7-9-11-14/h7-11,15,18H,2,6,12H2,1,3-5H3/t15-,22?/m0/s1. The van der Waals surface area contributed by atoms with E-state index in [-0.39, 0.29) is 6.61 Å². The van der Waals surface area contributed by atoms with Crippen LogP contribution in [0.3, 0.4) is 0 Å². The van der Waals surface area contributed by atoms with E-state index in [4.69, 9.17) is 4.74 Å². The van der Waals surface area contributed by atoms with Crippen LogP contribution in [0.4, 0.5) is 0 Å². The fraction of sp³-hybridized carbons (Fsp3) is 0.471. The summed E-state index contributed by atoms with van der Waals surface area (Å²) in [5.41, 5.74) is 1.76. The maximum Gasteiger partial charge on any atom is 0.324 e. The largest absolute Gasteiger partial charge is 0.465 e. The Kier molecular flexibility index (Phi) is 6.97. The maximum absolute atomic E-state index is 12.3. The van der Waals surface area contributed by atoms with Crippen molar-refractivity contribution in [3.63, 3.8) is 0 Å². The van der Waals surface area contributed by atoms with E-state index < -0.39 is 27.7 Å². The molecular formula is C17H25NO3S. The molecule has 2 atom stereocenters. The molecule has 1 aromatic rings. The summed E-state index contributed by atoms with van der Waals surface area (Å²) in [6.07, 6.45) is 0.352. The van der Waals surface area contributed by atoms with Gasteiger partial charge >= 0.3 is 5.97 Å². The van der Waals surface area contributed by atoms with Crippen LogP contribution in [0.25, 0.3) is 5.57 Å². The number of hydrogen-bond donors (Lipinski definition) is 1. The summed E-state index contributed by atoms with van der Waals surface area (Å²) in [7, 11) is -1.36. The molecule has 0 aromatic heterocycles. The Morgan fingerprint density at radius 1 is 1.32 bits per heavy atom. The number of nitrogens with one attached hydrogen (secondary N) is 1. The van der Waals surface area contributed by atoms with Gasteiger partial charge in [-0.25, -0.2) is 8.93 Å². The van der Waals surface area contributed by atoms with Crippen molar-refractivity contribution in [2.24, 2.45) is 0 Å². The van der Waals surface area contributed by atoms with E-state index in [2.05, 4.69) is 11.3 Å². The minimum atomic E-state index is -1.36. The van der Waals surface area contributed by atoms with E-state index in [0.29, 0.717) is 6.42 Å². The summed E-state index contributed by atoms with van der Waals surface area (Å²) in [6, 6.07) is 8.96. The molecule has 0 aliphatic carbocycles. The zero-order chi connectivity index (χ0) is 16.8. The third-order valence-corrected chi connectivity index (χ3v) is 4.62. The van der Waals surface area contributed by atoms with Crippen LogP contribution in [0.1, 0.15) is 39.7 Å². The van der Waals surface area contributed by atoms with Crippen LogP contribution in [0, 0.1) is 0 Å². The van der Waals surface area contributed by atoms with E-state index in [1.54, 1.807) is 6.92 Å². The minimum Gasteiger partial charge on any atom is -0.465 e. The van der Waals surface area contributed by atoms with Crippen molar-refractivity contribution in [3.05, 3.63) is 42.5 Å². The van der Waals surface area contributed by atoms with E-state index in [1.807, 2.05) is 51.1 Å². The molecule has 0 radical (unpaired) electrons. The Bertz CT molecular complexity index is 535. The molecular weight excluding hydrogens is 298 g/mol. The van der Waals surface area contributed by atoms with Crippen molar-refractivity contribution in [1.82, 2.24) is 4.72 Å². The number of carbonyl (C=O) groups is 1. The van der Waals surface area contributed by atoms with Crippen LogP contribution < -0.4 is 4.72 Å². The molecule has 122 valence electrons. The lowest BCUT2D eigenvalue weighted by Crippen LogP contribution is -2.44. The fourth-order valence-corrected chi connectivity index (χ4v) is 2.55. The number of carbonyl (C=O) groups excluding carboxylic acids is 1. The van der Waals surface area contributed by atoms with Gasteiger partial charge in [0.2, 0.25) is 0 Å². The molecule has 0 bridgehead atoms. The van der Waals surface area contributed by atoms with Gasteiger partial charge in [-0.1, -0.05) is 36.9 Å². The Labute approximate surface area is 135 Å². The minimum absolute atomic E-state index is 0.289. The summed E-state index contributed by atoms with van der Waals surface area (Å²) in [5.74, 6) is -0.405. The lowest BCUT2D eigenvalue weighted by atomic mass is 10.0. The third kappa shape index (κ3) is 5.73. The van der Waals surface area contributed by atoms with Crippen molar-refractivity contribution in [2.45, 2.75) is 44.9 Å². The van der Waals surface area contributed by atoms with Gasteiger partial charge in [-0.15, -0.1) is 0 Å². The van der Waals surface area contributed by atoms with E-state index >= 15 is 0 Å². The molecule has 0 aliphatic rings. The number of benzene rings is 1. The molecule has 0 spiro atoms. The van der Waals surface area contributed by atoms with Gasteiger partial charge in [0, 0.05) is 0 Å². The second-order valence-corrected chi connectivity index (χ2v) is 7.98. The molecule has 22 heavy (non-hydrogen) atoms. The molecule has 0 amide bonds. The topological polar surface area (TPSA) is 55.4 Å². The Balaban J connectivity index is 2.85. The molecule has 5 heteroatoms. The van der Waals surface area contributed by atoms with Crippen molar-refractivity contribution in [3.8, 4) is 0 Å². The van der Waals surface area contributed by atoms with E-state index in [0.717, 1.165) is 11.1 Å². The van der Waals surface area contributed by atoms with Gasteiger partial charge in [0.1, 0.15) is 6.04 Å². The van der Waals surface area contributed by atoms with Gasteiger partial charge < -0.3 is 4.74 Å². The Morgan fingerprint density at radius 3 is 2.41 bits per heavy atom. The van der Waals surface area contributed by atoms with Gasteiger partial charge in [0.15, 0.2) is 0 Å². The molecule has 0 saturated carbocycles. The quantitative estimate of drug-likeness (QED) is 0.785. The fourth-order valence-electron chi connectivity index (χ4n) is 1.76. The first-order valence-electron chi connectivity index (χ1n) is 7.33. The van der Waals surface area contributed by atoms with E-state index in [9.17, 15) is 9.00 Å². The van der Waals surface area contributed by atoms with E-state index in [1.165, 1.54) is 0 Å². The van der Waals surface area contributed by atoms with Gasteiger partial charge in [0.25, 0.3) is 0 Å². The lowest BCUT2D eigenvalue weighted by Gasteiger charge is -2.23. The summed E-state index contributed by atoms with van der Waals surface area (Å²) in [6.45, 7) is 11.6. The zero-order valence-electron chi connectivity index (χ0n) is 13.7. The molecule has 0 saturated heterocycles. The van der Waals surface area contributed by atoms with Crippen LogP contribution in [0.15, 0.2) is 36.9 Å². The van der Waals surface area contributed by atoms with Crippen LogP contribution in [0.5, 0.6) is 0 Å². The molecule has 0 aliphatic heterocycles. The van der Waals surface area contributed by atoms with Gasteiger partial charge in [-0.05, 0) is 45.3 Å². The highest BCUT2D eigenvalue weighted by Crippen LogP contribution is 2.19. The first kappa shape index (κ1) is 18.6. The Hall–Kier alpha value is -1.46. The number of rotatable bonds is 7. The molecule has 1 N–H and O–H groups in total. The summed E-state index contributed by atoms with van der Waals surface area (Å²) >= 11 is 0. The smallest absolute Gasteiger partial charge is 0.324 e. The third-order valence-electron chi connectivity index (χ3n) is 3.01. The molecule has 1 unspecified atom stereocenters. The number of esters is 1. The maximum atomic E-state index is 12.3. The predicted octanol–water partition coefficient (Wildman–Crippen LogP) is 3.07. The SMILES string of the molecule is C=C(C[C@H](NS(=O)C(C)(C)C)C(=O)OCC)c1ccccc1. The predicted molar refractivity (Wildman–Crippen MR) is 91.5 cm³/mol. The molecule has 0 fully saturated rings. The van der Waals surface area contributed by atoms with Crippen molar-refractivity contribution in [2.75, 3.05) is 6.61 Å². The van der Waals surface area contributed by atoms with Crippen molar-refractivity contribution in [1.29, 1.82) is 0 Å². The second kappa shape index (κ2) is 8.25. The highest BCUT2D eigenvalue weighted by molar-refractivity contribution is 7.84. The molecule has 1 aromatic carbocycles. The van der Waals surface area contributed by atoms with Crippen LogP contribution in [-0.2, 0) is 20.5 Å². The molecule has 4 nitrogen and oxygen atoms in total. The monoisotopic (exact) mass is 323 g/mol.